The maximum atomic E-state index is 12.2. The Balaban J connectivity index is 1.75. The molecule has 0 saturated carbocycles. The van der Waals surface area contributed by atoms with Gasteiger partial charge in [0.05, 0.1) is 25.0 Å². The third-order valence-corrected chi connectivity index (χ3v) is 6.22. The van der Waals surface area contributed by atoms with Gasteiger partial charge in [0.15, 0.2) is 0 Å². The summed E-state index contributed by atoms with van der Waals surface area (Å²) in [4.78, 5) is 12.2. The number of benzene rings is 2. The van der Waals surface area contributed by atoms with Crippen LogP contribution >= 0.6 is 11.6 Å². The van der Waals surface area contributed by atoms with E-state index in [1.165, 1.54) is 11.4 Å². The summed E-state index contributed by atoms with van der Waals surface area (Å²) >= 11 is 5.84. The third-order valence-electron chi connectivity index (χ3n) is 4.11. The first-order chi connectivity index (χ1) is 12.4. The van der Waals surface area contributed by atoms with Gasteiger partial charge in [0.2, 0.25) is 15.9 Å². The number of hydrogen-bond donors (Lipinski definition) is 1. The van der Waals surface area contributed by atoms with Gasteiger partial charge >= 0.3 is 0 Å². The Morgan fingerprint density at radius 2 is 1.96 bits per heavy atom. The number of nitrogens with one attached hydrogen (secondary N) is 1. The molecule has 0 unspecified atom stereocenters. The molecular formula is C18H19ClN2O4S. The summed E-state index contributed by atoms with van der Waals surface area (Å²) in [6.45, 7) is 0.432. The lowest BCUT2D eigenvalue weighted by Crippen LogP contribution is -2.25. The van der Waals surface area contributed by atoms with E-state index in [-0.39, 0.29) is 18.1 Å². The van der Waals surface area contributed by atoms with E-state index in [1.807, 2.05) is 0 Å². The molecule has 138 valence electrons. The van der Waals surface area contributed by atoms with Crippen molar-refractivity contribution in [1.29, 1.82) is 0 Å². The molecule has 1 aliphatic rings. The zero-order chi connectivity index (χ0) is 18.7. The van der Waals surface area contributed by atoms with Gasteiger partial charge in [0.1, 0.15) is 5.75 Å². The standard InChI is InChI=1S/C18H19ClN2O4S/c1-25-17-12-15(7-8-16(17)21-9-2-10-26(21,23)24)20-18(22)11-13-3-5-14(19)6-4-13/h3-8,12H,2,9-11H2,1H3,(H,20,22). The van der Waals surface area contributed by atoms with Crippen LogP contribution < -0.4 is 14.4 Å². The molecule has 1 saturated heterocycles. The molecule has 1 amide bonds. The molecule has 6 nitrogen and oxygen atoms in total. The molecule has 1 heterocycles. The van der Waals surface area contributed by atoms with Crippen LogP contribution in [0.15, 0.2) is 42.5 Å². The Morgan fingerprint density at radius 1 is 1.23 bits per heavy atom. The predicted molar refractivity (Wildman–Crippen MR) is 103 cm³/mol. The number of nitrogens with zero attached hydrogens (tertiary/aromatic N) is 1. The smallest absolute Gasteiger partial charge is 0.235 e. The van der Waals surface area contributed by atoms with Crippen LogP contribution in [0.5, 0.6) is 5.75 Å². The van der Waals surface area contributed by atoms with Crippen LogP contribution in [-0.4, -0.2) is 33.7 Å². The quantitative estimate of drug-likeness (QED) is 0.845. The van der Waals surface area contributed by atoms with Crippen molar-refractivity contribution in [3.8, 4) is 5.75 Å². The van der Waals surface area contributed by atoms with Crippen molar-refractivity contribution in [3.05, 3.63) is 53.1 Å². The van der Waals surface area contributed by atoms with Crippen molar-refractivity contribution in [2.75, 3.05) is 29.0 Å². The number of anilines is 2. The monoisotopic (exact) mass is 394 g/mol. The summed E-state index contributed by atoms with van der Waals surface area (Å²) < 4.78 is 30.9. The first-order valence-electron chi connectivity index (χ1n) is 8.12. The first-order valence-corrected chi connectivity index (χ1v) is 10.1. The van der Waals surface area contributed by atoms with Gasteiger partial charge in [-0.3, -0.25) is 9.10 Å². The Hall–Kier alpha value is -2.25. The van der Waals surface area contributed by atoms with Crippen LogP contribution in [0.1, 0.15) is 12.0 Å². The lowest BCUT2D eigenvalue weighted by atomic mass is 10.1. The fourth-order valence-electron chi connectivity index (χ4n) is 2.86. The van der Waals surface area contributed by atoms with Crippen LogP contribution in [0.25, 0.3) is 0 Å². The first kappa shape index (κ1) is 18.5. The second kappa shape index (κ2) is 7.55. The summed E-state index contributed by atoms with van der Waals surface area (Å²) in [5.41, 5.74) is 1.88. The average Bonchev–Trinajstić information content (AvgIpc) is 2.96. The molecular weight excluding hydrogens is 376 g/mol. The number of ether oxygens (including phenoxy) is 1. The fraction of sp³-hybridized carbons (Fsp3) is 0.278. The second-order valence-corrected chi connectivity index (χ2v) is 8.43. The molecule has 0 aliphatic carbocycles. The van der Waals surface area contributed by atoms with E-state index in [9.17, 15) is 13.2 Å². The summed E-state index contributed by atoms with van der Waals surface area (Å²) in [6, 6.07) is 12.0. The van der Waals surface area contributed by atoms with E-state index in [4.69, 9.17) is 16.3 Å². The molecule has 0 radical (unpaired) electrons. The van der Waals surface area contributed by atoms with E-state index in [2.05, 4.69) is 5.32 Å². The maximum Gasteiger partial charge on any atom is 0.235 e. The summed E-state index contributed by atoms with van der Waals surface area (Å²) in [5.74, 6) is 0.353. The van der Waals surface area contributed by atoms with Crippen molar-refractivity contribution < 1.29 is 17.9 Å². The summed E-state index contributed by atoms with van der Waals surface area (Å²) in [7, 11) is -1.82. The molecule has 0 aromatic heterocycles. The van der Waals surface area contributed by atoms with Gasteiger partial charge < -0.3 is 10.1 Å². The van der Waals surface area contributed by atoms with E-state index < -0.39 is 10.0 Å². The fourth-order valence-corrected chi connectivity index (χ4v) is 4.56. The van der Waals surface area contributed by atoms with Gasteiger partial charge in [-0.05, 0) is 36.2 Å². The van der Waals surface area contributed by atoms with Crippen LogP contribution in [0.3, 0.4) is 0 Å². The molecule has 0 atom stereocenters. The zero-order valence-corrected chi connectivity index (χ0v) is 15.8. The molecule has 1 fully saturated rings. The van der Waals surface area contributed by atoms with Gasteiger partial charge in [0, 0.05) is 23.3 Å². The lowest BCUT2D eigenvalue weighted by Gasteiger charge is -2.20. The van der Waals surface area contributed by atoms with Gasteiger partial charge in [-0.1, -0.05) is 23.7 Å². The Bertz CT molecular complexity index is 913. The molecule has 2 aromatic carbocycles. The average molecular weight is 395 g/mol. The van der Waals surface area contributed by atoms with Gasteiger partial charge in [0.25, 0.3) is 0 Å². The van der Waals surface area contributed by atoms with Crippen LogP contribution in [0, 0.1) is 0 Å². The summed E-state index contributed by atoms with van der Waals surface area (Å²) in [6.07, 6.45) is 0.798. The third kappa shape index (κ3) is 4.11. The zero-order valence-electron chi connectivity index (χ0n) is 14.2. The maximum absolute atomic E-state index is 12.2. The highest BCUT2D eigenvalue weighted by atomic mass is 35.5. The molecule has 26 heavy (non-hydrogen) atoms. The van der Waals surface area contributed by atoms with E-state index in [0.29, 0.717) is 35.1 Å². The molecule has 1 N–H and O–H groups in total. The molecule has 0 spiro atoms. The van der Waals surface area contributed by atoms with Crippen molar-refractivity contribution >= 4 is 38.9 Å². The predicted octanol–water partition coefficient (Wildman–Crippen LogP) is 3.07. The SMILES string of the molecule is COc1cc(NC(=O)Cc2ccc(Cl)cc2)ccc1N1CCCS1(=O)=O. The van der Waals surface area contributed by atoms with Crippen LogP contribution in [0.2, 0.25) is 5.02 Å². The lowest BCUT2D eigenvalue weighted by molar-refractivity contribution is -0.115. The number of halogens is 1. The molecule has 1 aliphatic heterocycles. The van der Waals surface area contributed by atoms with Gasteiger partial charge in [-0.25, -0.2) is 8.42 Å². The van der Waals surface area contributed by atoms with Gasteiger partial charge in [-0.15, -0.1) is 0 Å². The van der Waals surface area contributed by atoms with E-state index >= 15 is 0 Å². The highest BCUT2D eigenvalue weighted by Crippen LogP contribution is 2.35. The van der Waals surface area contributed by atoms with Gasteiger partial charge in [-0.2, -0.15) is 0 Å². The van der Waals surface area contributed by atoms with Crippen molar-refractivity contribution in [2.24, 2.45) is 0 Å². The molecule has 8 heteroatoms. The number of methoxy groups -OCH3 is 1. The number of hydrogen-bond acceptors (Lipinski definition) is 4. The Kier molecular flexibility index (Phi) is 5.38. The number of rotatable bonds is 5. The highest BCUT2D eigenvalue weighted by Gasteiger charge is 2.30. The molecule has 3 rings (SSSR count). The molecule has 2 aromatic rings. The minimum Gasteiger partial charge on any atom is -0.494 e. The highest BCUT2D eigenvalue weighted by molar-refractivity contribution is 7.93. The number of carbonyl (C=O) groups excluding carboxylic acids is 1. The van der Waals surface area contributed by atoms with Crippen molar-refractivity contribution in [2.45, 2.75) is 12.8 Å². The topological polar surface area (TPSA) is 75.7 Å². The number of amides is 1. The largest absolute Gasteiger partial charge is 0.494 e. The number of sulfonamides is 1. The van der Waals surface area contributed by atoms with E-state index in [0.717, 1.165) is 5.56 Å². The second-order valence-electron chi connectivity index (χ2n) is 5.98. The normalized spacial score (nSPS) is 15.7. The Labute approximate surface area is 157 Å². The molecule has 0 bridgehead atoms. The van der Waals surface area contributed by atoms with Crippen molar-refractivity contribution in [1.82, 2.24) is 0 Å². The van der Waals surface area contributed by atoms with Crippen LogP contribution in [0.4, 0.5) is 11.4 Å². The van der Waals surface area contributed by atoms with Crippen LogP contribution in [-0.2, 0) is 21.2 Å². The van der Waals surface area contributed by atoms with Crippen molar-refractivity contribution in [3.63, 3.8) is 0 Å². The summed E-state index contributed by atoms with van der Waals surface area (Å²) in [5, 5.41) is 3.42. The minimum absolute atomic E-state index is 0.135. The number of carbonyl (C=O) groups is 1. The van der Waals surface area contributed by atoms with E-state index in [1.54, 1.807) is 42.5 Å². The minimum atomic E-state index is -3.30. The Morgan fingerprint density at radius 3 is 2.58 bits per heavy atom.